The molecule has 0 unspecified atom stereocenters. The van der Waals surface area contributed by atoms with E-state index in [-0.39, 0.29) is 0 Å². The zero-order valence-electron chi connectivity index (χ0n) is 14.7. The molecule has 26 heavy (non-hydrogen) atoms. The predicted molar refractivity (Wildman–Crippen MR) is 97.5 cm³/mol. The third kappa shape index (κ3) is 3.35. The molecule has 0 radical (unpaired) electrons. The van der Waals surface area contributed by atoms with Crippen molar-refractivity contribution in [3.05, 3.63) is 65.0 Å². The van der Waals surface area contributed by atoms with Crippen molar-refractivity contribution in [2.45, 2.75) is 6.92 Å². The van der Waals surface area contributed by atoms with Gasteiger partial charge in [0.2, 0.25) is 0 Å². The smallest absolute Gasteiger partial charge is 0.259 e. The molecule has 0 aliphatic carbocycles. The first kappa shape index (κ1) is 17.4. The van der Waals surface area contributed by atoms with Gasteiger partial charge in [-0.25, -0.2) is 0 Å². The highest BCUT2D eigenvalue weighted by Crippen LogP contribution is 2.33. The zero-order chi connectivity index (χ0) is 18.7. The molecule has 0 spiro atoms. The summed E-state index contributed by atoms with van der Waals surface area (Å²) < 4.78 is 10.6. The van der Waals surface area contributed by atoms with Gasteiger partial charge in [0, 0.05) is 18.5 Å². The fraction of sp³-hybridized carbons (Fsp3) is 0.150. The molecule has 2 heterocycles. The van der Waals surface area contributed by atoms with Crippen molar-refractivity contribution in [3.8, 4) is 11.5 Å². The minimum Gasteiger partial charge on any atom is -0.497 e. The SMILES string of the molecule is COc1cc(OC)cc(C(C)=C2C(=O)NC(=O)C2=Cc2ccncc2)c1. The Balaban J connectivity index is 2.16. The van der Waals surface area contributed by atoms with Crippen LogP contribution in [0.25, 0.3) is 11.6 Å². The topological polar surface area (TPSA) is 77.5 Å². The number of benzene rings is 1. The van der Waals surface area contributed by atoms with Gasteiger partial charge in [0.1, 0.15) is 11.5 Å². The van der Waals surface area contributed by atoms with E-state index in [0.717, 1.165) is 11.1 Å². The summed E-state index contributed by atoms with van der Waals surface area (Å²) in [6, 6.07) is 8.88. The highest BCUT2D eigenvalue weighted by atomic mass is 16.5. The van der Waals surface area contributed by atoms with E-state index in [1.165, 1.54) is 0 Å². The lowest BCUT2D eigenvalue weighted by atomic mass is 9.95. The van der Waals surface area contributed by atoms with Crippen LogP contribution in [0.2, 0.25) is 0 Å². The van der Waals surface area contributed by atoms with Crippen molar-refractivity contribution in [1.29, 1.82) is 0 Å². The maximum Gasteiger partial charge on any atom is 0.259 e. The average molecular weight is 350 g/mol. The lowest BCUT2D eigenvalue weighted by Gasteiger charge is -2.11. The van der Waals surface area contributed by atoms with Crippen LogP contribution >= 0.6 is 0 Å². The normalized spacial score (nSPS) is 17.3. The fourth-order valence-corrected chi connectivity index (χ4v) is 2.77. The second-order valence-electron chi connectivity index (χ2n) is 5.72. The Kier molecular flexibility index (Phi) is 4.84. The molecular weight excluding hydrogens is 332 g/mol. The second kappa shape index (κ2) is 7.23. The Morgan fingerprint density at radius 3 is 2.19 bits per heavy atom. The molecular formula is C20H18N2O4. The minimum atomic E-state index is -0.422. The molecule has 1 aromatic carbocycles. The lowest BCUT2D eigenvalue weighted by Crippen LogP contribution is -2.20. The average Bonchev–Trinajstić information content (AvgIpc) is 2.94. The first-order valence-electron chi connectivity index (χ1n) is 7.95. The molecule has 1 fully saturated rings. The van der Waals surface area contributed by atoms with E-state index in [4.69, 9.17) is 9.47 Å². The third-order valence-electron chi connectivity index (χ3n) is 4.14. The van der Waals surface area contributed by atoms with Crippen molar-refractivity contribution in [1.82, 2.24) is 10.3 Å². The molecule has 1 aliphatic rings. The number of rotatable bonds is 4. The van der Waals surface area contributed by atoms with Crippen LogP contribution in [0.4, 0.5) is 0 Å². The zero-order valence-corrected chi connectivity index (χ0v) is 14.7. The first-order chi connectivity index (χ1) is 12.5. The highest BCUT2D eigenvalue weighted by Gasteiger charge is 2.32. The van der Waals surface area contributed by atoms with Crippen LogP contribution in [0.5, 0.6) is 11.5 Å². The van der Waals surface area contributed by atoms with Gasteiger partial charge < -0.3 is 9.47 Å². The van der Waals surface area contributed by atoms with Gasteiger partial charge in [-0.15, -0.1) is 0 Å². The van der Waals surface area contributed by atoms with Crippen LogP contribution in [-0.4, -0.2) is 31.0 Å². The Morgan fingerprint density at radius 2 is 1.62 bits per heavy atom. The van der Waals surface area contributed by atoms with E-state index in [2.05, 4.69) is 10.3 Å². The number of carbonyl (C=O) groups is 2. The Morgan fingerprint density at radius 1 is 1.00 bits per heavy atom. The summed E-state index contributed by atoms with van der Waals surface area (Å²) in [5.41, 5.74) is 2.84. The van der Waals surface area contributed by atoms with Crippen molar-refractivity contribution >= 4 is 23.5 Å². The van der Waals surface area contributed by atoms with Gasteiger partial charge in [0.15, 0.2) is 0 Å². The first-order valence-corrected chi connectivity index (χ1v) is 7.95. The van der Waals surface area contributed by atoms with E-state index < -0.39 is 11.8 Å². The summed E-state index contributed by atoms with van der Waals surface area (Å²) in [5.74, 6) is 0.359. The van der Waals surface area contributed by atoms with E-state index >= 15 is 0 Å². The number of nitrogens with one attached hydrogen (secondary N) is 1. The van der Waals surface area contributed by atoms with Gasteiger partial charge in [-0.3, -0.25) is 19.9 Å². The summed E-state index contributed by atoms with van der Waals surface area (Å²) in [7, 11) is 3.11. The van der Waals surface area contributed by atoms with Crippen molar-refractivity contribution in [3.63, 3.8) is 0 Å². The van der Waals surface area contributed by atoms with Gasteiger partial charge in [0.05, 0.1) is 25.4 Å². The number of methoxy groups -OCH3 is 2. The molecule has 0 saturated carbocycles. The minimum absolute atomic E-state index is 0.320. The molecule has 132 valence electrons. The quantitative estimate of drug-likeness (QED) is 0.677. The molecule has 6 nitrogen and oxygen atoms in total. The predicted octanol–water partition coefficient (Wildman–Crippen LogP) is 2.61. The summed E-state index contributed by atoms with van der Waals surface area (Å²) in [6.07, 6.45) is 4.94. The number of allylic oxidation sites excluding steroid dienone is 1. The fourth-order valence-electron chi connectivity index (χ4n) is 2.77. The Labute approximate surface area is 151 Å². The lowest BCUT2D eigenvalue weighted by molar-refractivity contribution is -0.123. The summed E-state index contributed by atoms with van der Waals surface area (Å²) in [5, 5.41) is 2.36. The van der Waals surface area contributed by atoms with Gasteiger partial charge in [0.25, 0.3) is 11.8 Å². The van der Waals surface area contributed by atoms with E-state index in [9.17, 15) is 9.59 Å². The molecule has 0 atom stereocenters. The molecule has 1 aliphatic heterocycles. The Bertz CT molecular complexity index is 908. The molecule has 0 bridgehead atoms. The molecule has 1 aromatic heterocycles. The van der Waals surface area contributed by atoms with Crippen LogP contribution < -0.4 is 14.8 Å². The number of hydrogen-bond donors (Lipinski definition) is 1. The third-order valence-corrected chi connectivity index (χ3v) is 4.14. The summed E-state index contributed by atoms with van der Waals surface area (Å²) in [6.45, 7) is 1.79. The van der Waals surface area contributed by atoms with Crippen LogP contribution in [-0.2, 0) is 9.59 Å². The molecule has 2 amide bonds. The van der Waals surface area contributed by atoms with E-state index in [0.29, 0.717) is 28.2 Å². The van der Waals surface area contributed by atoms with Crippen LogP contribution in [0.3, 0.4) is 0 Å². The van der Waals surface area contributed by atoms with Crippen molar-refractivity contribution in [2.75, 3.05) is 14.2 Å². The monoisotopic (exact) mass is 350 g/mol. The van der Waals surface area contributed by atoms with E-state index in [1.54, 1.807) is 69.9 Å². The molecule has 1 N–H and O–H groups in total. The Hall–Kier alpha value is -3.41. The number of aromatic nitrogens is 1. The molecule has 1 saturated heterocycles. The maximum atomic E-state index is 12.4. The van der Waals surface area contributed by atoms with Crippen molar-refractivity contribution in [2.24, 2.45) is 0 Å². The summed E-state index contributed by atoms with van der Waals surface area (Å²) >= 11 is 0. The number of pyridine rings is 1. The number of ether oxygens (including phenoxy) is 2. The summed E-state index contributed by atoms with van der Waals surface area (Å²) in [4.78, 5) is 28.6. The largest absolute Gasteiger partial charge is 0.497 e. The molecule has 2 aromatic rings. The van der Waals surface area contributed by atoms with E-state index in [1.807, 2.05) is 0 Å². The standard InChI is InChI=1S/C20H18N2O4/c1-12(14-9-15(25-2)11-16(10-14)26-3)18-17(19(23)22-20(18)24)8-13-4-6-21-7-5-13/h4-11H,1-3H3,(H,22,23,24). The van der Waals surface area contributed by atoms with Gasteiger partial charge in [-0.05, 0) is 54.0 Å². The molecule has 6 heteroatoms. The van der Waals surface area contributed by atoms with Gasteiger partial charge in [-0.1, -0.05) is 0 Å². The number of hydrogen-bond acceptors (Lipinski definition) is 5. The van der Waals surface area contributed by atoms with Crippen LogP contribution in [0, 0.1) is 0 Å². The van der Waals surface area contributed by atoms with Crippen LogP contribution in [0.15, 0.2) is 53.9 Å². The van der Waals surface area contributed by atoms with Crippen molar-refractivity contribution < 1.29 is 19.1 Å². The van der Waals surface area contributed by atoms with Crippen LogP contribution in [0.1, 0.15) is 18.1 Å². The number of imide groups is 1. The highest BCUT2D eigenvalue weighted by molar-refractivity contribution is 6.29. The number of carbonyl (C=O) groups excluding carboxylic acids is 2. The maximum absolute atomic E-state index is 12.4. The van der Waals surface area contributed by atoms with Gasteiger partial charge in [-0.2, -0.15) is 0 Å². The number of nitrogens with zero attached hydrogens (tertiary/aromatic N) is 1. The second-order valence-corrected chi connectivity index (χ2v) is 5.72. The molecule has 3 rings (SSSR count). The van der Waals surface area contributed by atoms with Gasteiger partial charge >= 0.3 is 0 Å². The number of amides is 2.